The van der Waals surface area contributed by atoms with Crippen LogP contribution in [0.2, 0.25) is 0 Å². The van der Waals surface area contributed by atoms with Gasteiger partial charge in [-0.1, -0.05) is 42.5 Å². The fourth-order valence-electron chi connectivity index (χ4n) is 1.75. The first kappa shape index (κ1) is 13.0. The molecule has 1 aromatic carbocycles. The lowest BCUT2D eigenvalue weighted by Crippen LogP contribution is -2.34. The summed E-state index contributed by atoms with van der Waals surface area (Å²) >= 11 is 0. The summed E-state index contributed by atoms with van der Waals surface area (Å²) in [6.07, 6.45) is 4.07. The minimum Gasteiger partial charge on any atom is -0.477 e. The molecule has 5 nitrogen and oxygen atoms in total. The number of carbonyl (C=O) groups excluding carboxylic acids is 1. The topological polar surface area (TPSA) is 70.0 Å². The minimum atomic E-state index is -1.07. The lowest BCUT2D eigenvalue weighted by molar-refractivity contribution is -0.132. The van der Waals surface area contributed by atoms with Crippen LogP contribution in [-0.4, -0.2) is 34.2 Å². The summed E-state index contributed by atoms with van der Waals surface area (Å²) in [6.45, 7) is 0.282. The van der Waals surface area contributed by atoms with E-state index in [9.17, 15) is 9.59 Å². The molecule has 0 unspecified atom stereocenters. The Morgan fingerprint density at radius 3 is 2.74 bits per heavy atom. The molecule has 0 aliphatic carbocycles. The Morgan fingerprint density at radius 2 is 2.05 bits per heavy atom. The zero-order valence-electron chi connectivity index (χ0n) is 10.3. The SMILES string of the molecule is O=C(O)C1=NN(C/C=C/c2ccccc2)C(=O)CC1. The number of hydrogen-bond donors (Lipinski definition) is 1. The molecule has 0 fully saturated rings. The van der Waals surface area contributed by atoms with Crippen molar-refractivity contribution in [2.75, 3.05) is 6.54 Å². The summed E-state index contributed by atoms with van der Waals surface area (Å²) < 4.78 is 0. The quantitative estimate of drug-likeness (QED) is 0.894. The van der Waals surface area contributed by atoms with Gasteiger partial charge < -0.3 is 5.11 Å². The molecule has 5 heteroatoms. The van der Waals surface area contributed by atoms with E-state index in [1.54, 1.807) is 6.08 Å². The first-order valence-corrected chi connectivity index (χ1v) is 5.99. The molecule has 0 spiro atoms. The van der Waals surface area contributed by atoms with Crippen LogP contribution in [0.5, 0.6) is 0 Å². The fourth-order valence-corrected chi connectivity index (χ4v) is 1.75. The average molecular weight is 258 g/mol. The number of amides is 1. The maximum Gasteiger partial charge on any atom is 0.352 e. The highest BCUT2D eigenvalue weighted by Gasteiger charge is 2.22. The molecule has 0 bridgehead atoms. The van der Waals surface area contributed by atoms with Crippen molar-refractivity contribution in [3.05, 3.63) is 42.0 Å². The first-order chi connectivity index (χ1) is 9.16. The highest BCUT2D eigenvalue weighted by Crippen LogP contribution is 2.10. The highest BCUT2D eigenvalue weighted by atomic mass is 16.4. The van der Waals surface area contributed by atoms with Crippen molar-refractivity contribution >= 4 is 23.7 Å². The van der Waals surface area contributed by atoms with Crippen molar-refractivity contribution in [1.29, 1.82) is 0 Å². The summed E-state index contributed by atoms with van der Waals surface area (Å²) in [4.78, 5) is 22.4. The number of hydrazone groups is 1. The van der Waals surface area contributed by atoms with Gasteiger partial charge in [-0.05, 0) is 5.56 Å². The maximum absolute atomic E-state index is 11.6. The third-order valence-electron chi connectivity index (χ3n) is 2.74. The van der Waals surface area contributed by atoms with Gasteiger partial charge in [0.15, 0.2) is 0 Å². The lowest BCUT2D eigenvalue weighted by Gasteiger charge is -2.20. The van der Waals surface area contributed by atoms with Gasteiger partial charge >= 0.3 is 5.97 Å². The molecule has 1 N–H and O–H groups in total. The van der Waals surface area contributed by atoms with E-state index < -0.39 is 5.97 Å². The van der Waals surface area contributed by atoms with Gasteiger partial charge in [-0.25, -0.2) is 9.80 Å². The van der Waals surface area contributed by atoms with Gasteiger partial charge in [0.2, 0.25) is 5.91 Å². The molecule has 19 heavy (non-hydrogen) atoms. The van der Waals surface area contributed by atoms with E-state index in [2.05, 4.69) is 5.10 Å². The molecule has 0 aromatic heterocycles. The summed E-state index contributed by atoms with van der Waals surface area (Å²) in [5, 5.41) is 13.9. The molecule has 1 aromatic rings. The Balaban J connectivity index is 2.02. The van der Waals surface area contributed by atoms with Gasteiger partial charge in [-0.3, -0.25) is 4.79 Å². The van der Waals surface area contributed by atoms with Crippen molar-refractivity contribution in [3.8, 4) is 0 Å². The van der Waals surface area contributed by atoms with Crippen LogP contribution >= 0.6 is 0 Å². The molecule has 0 saturated carbocycles. The summed E-state index contributed by atoms with van der Waals surface area (Å²) in [5.41, 5.74) is 1.06. The molecular formula is C14H14N2O3. The van der Waals surface area contributed by atoms with Gasteiger partial charge in [-0.15, -0.1) is 0 Å². The monoisotopic (exact) mass is 258 g/mol. The molecule has 0 atom stereocenters. The summed E-state index contributed by atoms with van der Waals surface area (Å²) in [6, 6.07) is 9.66. The Morgan fingerprint density at radius 1 is 1.32 bits per heavy atom. The number of aliphatic carboxylic acids is 1. The van der Waals surface area contributed by atoms with Crippen LogP contribution in [0.25, 0.3) is 6.08 Å². The van der Waals surface area contributed by atoms with Crippen molar-refractivity contribution in [2.24, 2.45) is 5.10 Å². The Labute approximate surface area is 110 Å². The Hall–Kier alpha value is -2.43. The van der Waals surface area contributed by atoms with E-state index in [0.29, 0.717) is 0 Å². The summed E-state index contributed by atoms with van der Waals surface area (Å²) in [5.74, 6) is -1.22. The van der Waals surface area contributed by atoms with Gasteiger partial charge in [0.25, 0.3) is 0 Å². The molecule has 1 aliphatic heterocycles. The maximum atomic E-state index is 11.6. The molecule has 98 valence electrons. The Bertz CT molecular complexity index is 535. The standard InChI is InChI=1S/C14H14N2O3/c17-13-9-8-12(14(18)19)15-16(13)10-4-7-11-5-2-1-3-6-11/h1-7H,8-10H2,(H,18,19)/b7-4+. The molecular weight excluding hydrogens is 244 g/mol. The van der Waals surface area contributed by atoms with Crippen LogP contribution < -0.4 is 0 Å². The molecule has 2 rings (SSSR count). The second kappa shape index (κ2) is 5.95. The number of benzene rings is 1. The van der Waals surface area contributed by atoms with Crippen LogP contribution in [0.3, 0.4) is 0 Å². The highest BCUT2D eigenvalue weighted by molar-refractivity contribution is 6.36. The van der Waals surface area contributed by atoms with Gasteiger partial charge in [0.1, 0.15) is 5.71 Å². The Kier molecular flexibility index (Phi) is 4.07. The molecule has 1 amide bonds. The smallest absolute Gasteiger partial charge is 0.352 e. The van der Waals surface area contributed by atoms with E-state index in [4.69, 9.17) is 5.11 Å². The van der Waals surface area contributed by atoms with Crippen molar-refractivity contribution in [1.82, 2.24) is 5.01 Å². The second-order valence-corrected chi connectivity index (χ2v) is 4.14. The second-order valence-electron chi connectivity index (χ2n) is 4.14. The van der Waals surface area contributed by atoms with E-state index in [-0.39, 0.29) is 31.0 Å². The largest absolute Gasteiger partial charge is 0.477 e. The van der Waals surface area contributed by atoms with Gasteiger partial charge in [0, 0.05) is 12.8 Å². The van der Waals surface area contributed by atoms with Gasteiger partial charge in [-0.2, -0.15) is 5.10 Å². The molecule has 1 aliphatic rings. The third-order valence-corrected chi connectivity index (χ3v) is 2.74. The number of hydrogen-bond acceptors (Lipinski definition) is 3. The normalized spacial score (nSPS) is 15.7. The summed E-state index contributed by atoms with van der Waals surface area (Å²) in [7, 11) is 0. The van der Waals surface area contributed by atoms with Crippen LogP contribution in [0.4, 0.5) is 0 Å². The van der Waals surface area contributed by atoms with E-state index in [1.807, 2.05) is 36.4 Å². The third kappa shape index (κ3) is 3.51. The number of rotatable bonds is 4. The zero-order chi connectivity index (χ0) is 13.7. The number of nitrogens with zero attached hydrogens (tertiary/aromatic N) is 2. The van der Waals surface area contributed by atoms with Crippen LogP contribution in [0.1, 0.15) is 18.4 Å². The van der Waals surface area contributed by atoms with E-state index in [0.717, 1.165) is 5.56 Å². The molecule has 0 saturated heterocycles. The average Bonchev–Trinajstić information content (AvgIpc) is 2.42. The van der Waals surface area contributed by atoms with Gasteiger partial charge in [0.05, 0.1) is 6.54 Å². The minimum absolute atomic E-state index is 0.0349. The van der Waals surface area contributed by atoms with E-state index >= 15 is 0 Å². The molecule has 1 heterocycles. The van der Waals surface area contributed by atoms with E-state index in [1.165, 1.54) is 5.01 Å². The number of carbonyl (C=O) groups is 2. The van der Waals surface area contributed by atoms with Crippen molar-refractivity contribution < 1.29 is 14.7 Å². The number of carboxylic acid groups (broad SMARTS) is 1. The predicted octanol–water partition coefficient (Wildman–Crippen LogP) is 1.76. The first-order valence-electron chi connectivity index (χ1n) is 5.99. The molecule has 0 radical (unpaired) electrons. The van der Waals surface area contributed by atoms with Crippen LogP contribution in [0, 0.1) is 0 Å². The fraction of sp³-hybridized carbons (Fsp3) is 0.214. The van der Waals surface area contributed by atoms with Crippen LogP contribution in [-0.2, 0) is 9.59 Å². The van der Waals surface area contributed by atoms with Crippen molar-refractivity contribution in [2.45, 2.75) is 12.8 Å². The lowest BCUT2D eigenvalue weighted by atomic mass is 10.1. The van der Waals surface area contributed by atoms with Crippen LogP contribution in [0.15, 0.2) is 41.5 Å². The number of carboxylic acids is 1. The van der Waals surface area contributed by atoms with Crippen molar-refractivity contribution in [3.63, 3.8) is 0 Å². The predicted molar refractivity (Wildman–Crippen MR) is 71.5 cm³/mol. The zero-order valence-corrected chi connectivity index (χ0v) is 10.3.